The van der Waals surface area contributed by atoms with Gasteiger partial charge in [-0.2, -0.15) is 0 Å². The molecule has 2 amide bonds. The van der Waals surface area contributed by atoms with Gasteiger partial charge in [0, 0.05) is 5.69 Å². The molecule has 9 heteroatoms. The van der Waals surface area contributed by atoms with Crippen molar-refractivity contribution < 1.29 is 29.1 Å². The maximum atomic E-state index is 11.9. The van der Waals surface area contributed by atoms with Crippen molar-refractivity contribution in [1.29, 1.82) is 0 Å². The van der Waals surface area contributed by atoms with Crippen molar-refractivity contribution in [2.24, 2.45) is 5.16 Å². The lowest BCUT2D eigenvalue weighted by atomic mass is 10.1. The Kier molecular flexibility index (Phi) is 7.21. The number of carbonyl (C=O) groups is 3. The number of nitrogens with one attached hydrogen (secondary N) is 2. The van der Waals surface area contributed by atoms with E-state index in [4.69, 9.17) is 5.21 Å². The third kappa shape index (κ3) is 5.59. The summed E-state index contributed by atoms with van der Waals surface area (Å²) in [6, 6.07) is 4.64. The molecule has 1 aromatic carbocycles. The molecule has 1 atom stereocenters. The standard InChI is InChI=1S/C15H19N3O6/c1-9(18-22)10-4-6-11(7-5-10)16-15(21)17-12(14(20)24-3)8-13(19)23-2/h4-7,12,22H,8H2,1-3H3,(H2,16,17,21). The molecule has 0 saturated heterocycles. The minimum atomic E-state index is -1.16. The normalized spacial score (nSPS) is 12.0. The Hall–Kier alpha value is -3.10. The fourth-order valence-corrected chi connectivity index (χ4v) is 1.76. The predicted octanol–water partition coefficient (Wildman–Crippen LogP) is 1.11. The SMILES string of the molecule is COC(=O)CC(NC(=O)Nc1ccc(C(C)=NO)cc1)C(=O)OC. The van der Waals surface area contributed by atoms with Crippen molar-refractivity contribution in [3.05, 3.63) is 29.8 Å². The van der Waals surface area contributed by atoms with Gasteiger partial charge in [0.1, 0.15) is 6.04 Å². The molecule has 24 heavy (non-hydrogen) atoms. The Morgan fingerprint density at radius 2 is 1.79 bits per heavy atom. The molecule has 1 unspecified atom stereocenters. The van der Waals surface area contributed by atoms with Gasteiger partial charge in [0.15, 0.2) is 0 Å². The second kappa shape index (κ2) is 9.13. The number of anilines is 1. The summed E-state index contributed by atoms with van der Waals surface area (Å²) in [5.41, 5.74) is 1.56. The molecule has 0 fully saturated rings. The van der Waals surface area contributed by atoms with Gasteiger partial charge in [-0.3, -0.25) is 4.79 Å². The summed E-state index contributed by atoms with van der Waals surface area (Å²) >= 11 is 0. The number of esters is 2. The van der Waals surface area contributed by atoms with Gasteiger partial charge in [-0.1, -0.05) is 17.3 Å². The van der Waals surface area contributed by atoms with Crippen molar-refractivity contribution in [3.63, 3.8) is 0 Å². The minimum absolute atomic E-state index is 0.346. The molecule has 0 aromatic heterocycles. The number of methoxy groups -OCH3 is 2. The van der Waals surface area contributed by atoms with Crippen LogP contribution in [0.2, 0.25) is 0 Å². The second-order valence-electron chi connectivity index (χ2n) is 4.72. The summed E-state index contributed by atoms with van der Waals surface area (Å²) in [5, 5.41) is 16.6. The smallest absolute Gasteiger partial charge is 0.329 e. The fraction of sp³-hybridized carbons (Fsp3) is 0.333. The molecule has 1 rings (SSSR count). The van der Waals surface area contributed by atoms with Gasteiger partial charge in [-0.25, -0.2) is 9.59 Å². The summed E-state index contributed by atoms with van der Waals surface area (Å²) in [6.07, 6.45) is -0.346. The zero-order valence-electron chi connectivity index (χ0n) is 13.5. The first-order chi connectivity index (χ1) is 11.4. The lowest BCUT2D eigenvalue weighted by Crippen LogP contribution is -2.45. The van der Waals surface area contributed by atoms with Crippen LogP contribution in [0, 0.1) is 0 Å². The maximum Gasteiger partial charge on any atom is 0.329 e. The van der Waals surface area contributed by atoms with Gasteiger partial charge in [0.05, 0.1) is 26.4 Å². The predicted molar refractivity (Wildman–Crippen MR) is 85.0 cm³/mol. The van der Waals surface area contributed by atoms with E-state index in [0.717, 1.165) is 7.11 Å². The summed E-state index contributed by atoms with van der Waals surface area (Å²) < 4.78 is 9.01. The van der Waals surface area contributed by atoms with Crippen LogP contribution in [0.4, 0.5) is 10.5 Å². The van der Waals surface area contributed by atoms with Gasteiger partial charge in [0.2, 0.25) is 0 Å². The van der Waals surface area contributed by atoms with E-state index in [0.29, 0.717) is 17.0 Å². The van der Waals surface area contributed by atoms with E-state index in [9.17, 15) is 14.4 Å². The minimum Gasteiger partial charge on any atom is -0.469 e. The topological polar surface area (TPSA) is 126 Å². The summed E-state index contributed by atoms with van der Waals surface area (Å²) in [4.78, 5) is 34.8. The van der Waals surface area contributed by atoms with E-state index in [1.54, 1.807) is 31.2 Å². The van der Waals surface area contributed by atoms with Gasteiger partial charge < -0.3 is 25.3 Å². The molecule has 0 spiro atoms. The fourth-order valence-electron chi connectivity index (χ4n) is 1.76. The first-order valence-electron chi connectivity index (χ1n) is 6.92. The highest BCUT2D eigenvalue weighted by Gasteiger charge is 2.25. The molecule has 1 aromatic rings. The number of hydrogen-bond acceptors (Lipinski definition) is 7. The first kappa shape index (κ1) is 18.9. The summed E-state index contributed by atoms with van der Waals surface area (Å²) in [7, 11) is 2.33. The lowest BCUT2D eigenvalue weighted by Gasteiger charge is -2.16. The maximum absolute atomic E-state index is 11.9. The van der Waals surface area contributed by atoms with E-state index >= 15 is 0 Å². The van der Waals surface area contributed by atoms with Crippen LogP contribution in [0.15, 0.2) is 29.4 Å². The van der Waals surface area contributed by atoms with Crippen LogP contribution in [0.3, 0.4) is 0 Å². The monoisotopic (exact) mass is 337 g/mol. The second-order valence-corrected chi connectivity index (χ2v) is 4.72. The molecule has 0 aliphatic heterocycles. The number of ether oxygens (including phenoxy) is 2. The third-order valence-corrected chi connectivity index (χ3v) is 3.10. The molecular weight excluding hydrogens is 318 g/mol. The largest absolute Gasteiger partial charge is 0.469 e. The number of benzene rings is 1. The van der Waals surface area contributed by atoms with Crippen LogP contribution in [-0.2, 0) is 19.1 Å². The number of hydrogen-bond donors (Lipinski definition) is 3. The number of amides is 2. The zero-order chi connectivity index (χ0) is 18.1. The Balaban J connectivity index is 2.71. The van der Waals surface area contributed by atoms with E-state index in [1.165, 1.54) is 7.11 Å². The van der Waals surface area contributed by atoms with Crippen molar-refractivity contribution in [2.45, 2.75) is 19.4 Å². The number of carbonyl (C=O) groups excluding carboxylic acids is 3. The van der Waals surface area contributed by atoms with E-state index in [1.807, 2.05) is 0 Å². The van der Waals surface area contributed by atoms with Crippen molar-refractivity contribution in [2.75, 3.05) is 19.5 Å². The number of nitrogens with zero attached hydrogens (tertiary/aromatic N) is 1. The molecule has 9 nitrogen and oxygen atoms in total. The van der Waals surface area contributed by atoms with Crippen LogP contribution >= 0.6 is 0 Å². The van der Waals surface area contributed by atoms with Crippen LogP contribution in [0.5, 0.6) is 0 Å². The number of urea groups is 1. The van der Waals surface area contributed by atoms with Crippen LogP contribution in [0.1, 0.15) is 18.9 Å². The van der Waals surface area contributed by atoms with E-state index < -0.39 is 24.0 Å². The number of oxime groups is 1. The Bertz CT molecular complexity index is 627. The van der Waals surface area contributed by atoms with Crippen molar-refractivity contribution >= 4 is 29.4 Å². The lowest BCUT2D eigenvalue weighted by molar-refractivity contribution is -0.149. The van der Waals surface area contributed by atoms with Crippen molar-refractivity contribution in [3.8, 4) is 0 Å². The number of rotatable bonds is 6. The Morgan fingerprint density at radius 3 is 2.29 bits per heavy atom. The van der Waals surface area contributed by atoms with E-state index in [-0.39, 0.29) is 6.42 Å². The molecule has 0 saturated carbocycles. The van der Waals surface area contributed by atoms with Crippen LogP contribution < -0.4 is 10.6 Å². The average Bonchev–Trinajstić information content (AvgIpc) is 2.60. The molecule has 130 valence electrons. The zero-order valence-corrected chi connectivity index (χ0v) is 13.5. The summed E-state index contributed by atoms with van der Waals surface area (Å²) in [5.74, 6) is -1.42. The van der Waals surface area contributed by atoms with Gasteiger partial charge in [-0.05, 0) is 24.6 Å². The van der Waals surface area contributed by atoms with E-state index in [2.05, 4.69) is 25.3 Å². The van der Waals surface area contributed by atoms with Crippen molar-refractivity contribution in [1.82, 2.24) is 5.32 Å². The molecule has 0 heterocycles. The highest BCUT2D eigenvalue weighted by Crippen LogP contribution is 2.10. The third-order valence-electron chi connectivity index (χ3n) is 3.10. The molecule has 0 bridgehead atoms. The average molecular weight is 337 g/mol. The summed E-state index contributed by atoms with van der Waals surface area (Å²) in [6.45, 7) is 1.63. The molecular formula is C15H19N3O6. The van der Waals surface area contributed by atoms with Crippen LogP contribution in [0.25, 0.3) is 0 Å². The van der Waals surface area contributed by atoms with Crippen LogP contribution in [-0.4, -0.2) is 49.2 Å². The highest BCUT2D eigenvalue weighted by molar-refractivity contribution is 5.99. The molecule has 0 radical (unpaired) electrons. The molecule has 0 aliphatic carbocycles. The quantitative estimate of drug-likeness (QED) is 0.309. The molecule has 0 aliphatic rings. The van der Waals surface area contributed by atoms with Gasteiger partial charge in [0.25, 0.3) is 0 Å². The van der Waals surface area contributed by atoms with Gasteiger partial charge >= 0.3 is 18.0 Å². The molecule has 3 N–H and O–H groups in total. The Labute approximate surface area is 138 Å². The van der Waals surface area contributed by atoms with Gasteiger partial charge in [-0.15, -0.1) is 0 Å². The highest BCUT2D eigenvalue weighted by atomic mass is 16.5. The Morgan fingerprint density at radius 1 is 1.17 bits per heavy atom. The first-order valence-corrected chi connectivity index (χ1v) is 6.92.